The van der Waals surface area contributed by atoms with E-state index in [4.69, 9.17) is 4.74 Å². The lowest BCUT2D eigenvalue weighted by Crippen LogP contribution is -1.89. The zero-order valence-electron chi connectivity index (χ0n) is 5.80. The van der Waals surface area contributed by atoms with Crippen LogP contribution in [-0.2, 0) is 11.3 Å². The molecule has 1 rings (SSSR count). The van der Waals surface area contributed by atoms with Crippen LogP contribution in [0.5, 0.6) is 0 Å². The minimum Gasteiger partial charge on any atom is -0.380 e. The van der Waals surface area contributed by atoms with Crippen molar-refractivity contribution in [3.05, 3.63) is 33.4 Å². The average Bonchev–Trinajstić information content (AvgIpc) is 1.94. The van der Waals surface area contributed by atoms with Gasteiger partial charge in [0.1, 0.15) is 0 Å². The summed E-state index contributed by atoms with van der Waals surface area (Å²) in [6.45, 7) is 0.707. The monoisotopic (exact) mass is 248 g/mol. The van der Waals surface area contributed by atoms with E-state index in [1.165, 1.54) is 9.13 Å². The molecule has 0 bridgehead atoms. The molecule has 1 aromatic rings. The third-order valence-corrected chi connectivity index (χ3v) is 2.31. The highest BCUT2D eigenvalue weighted by Crippen LogP contribution is 2.11. The largest absolute Gasteiger partial charge is 0.380 e. The third kappa shape index (κ3) is 1.95. The summed E-state index contributed by atoms with van der Waals surface area (Å²) in [6.07, 6.45) is 0. The van der Waals surface area contributed by atoms with Crippen LogP contribution in [0.2, 0.25) is 0 Å². The van der Waals surface area contributed by atoms with Crippen molar-refractivity contribution >= 4 is 22.6 Å². The molecule has 0 radical (unpaired) electrons. The van der Waals surface area contributed by atoms with Crippen LogP contribution in [0.4, 0.5) is 0 Å². The maximum absolute atomic E-state index is 5.00. The van der Waals surface area contributed by atoms with Crippen LogP contribution < -0.4 is 0 Å². The molecule has 1 nitrogen and oxygen atoms in total. The van der Waals surface area contributed by atoms with Gasteiger partial charge in [0, 0.05) is 10.7 Å². The van der Waals surface area contributed by atoms with Crippen LogP contribution in [0.1, 0.15) is 5.56 Å². The van der Waals surface area contributed by atoms with Gasteiger partial charge in [-0.3, -0.25) is 0 Å². The van der Waals surface area contributed by atoms with E-state index >= 15 is 0 Å². The number of benzene rings is 1. The molecular weight excluding hydrogens is 239 g/mol. The first kappa shape index (κ1) is 8.01. The van der Waals surface area contributed by atoms with E-state index in [0.29, 0.717) is 6.61 Å². The number of methoxy groups -OCH3 is 1. The summed E-state index contributed by atoms with van der Waals surface area (Å²) >= 11 is 2.30. The molecule has 2 heteroatoms. The molecule has 54 valence electrons. The van der Waals surface area contributed by atoms with Crippen molar-refractivity contribution in [3.8, 4) is 0 Å². The van der Waals surface area contributed by atoms with Crippen LogP contribution in [-0.4, -0.2) is 7.11 Å². The fraction of sp³-hybridized carbons (Fsp3) is 0.250. The van der Waals surface area contributed by atoms with E-state index in [9.17, 15) is 0 Å². The van der Waals surface area contributed by atoms with Gasteiger partial charge in [0.25, 0.3) is 0 Å². The Balaban J connectivity index is 2.81. The zero-order valence-corrected chi connectivity index (χ0v) is 7.96. The van der Waals surface area contributed by atoms with Gasteiger partial charge < -0.3 is 4.74 Å². The Morgan fingerprint density at radius 2 is 2.10 bits per heavy atom. The summed E-state index contributed by atoms with van der Waals surface area (Å²) in [5, 5.41) is 0. The van der Waals surface area contributed by atoms with Gasteiger partial charge in [-0.15, -0.1) is 0 Å². The van der Waals surface area contributed by atoms with Gasteiger partial charge in [-0.2, -0.15) is 0 Å². The van der Waals surface area contributed by atoms with Gasteiger partial charge in [0.15, 0.2) is 0 Å². The van der Waals surface area contributed by atoms with Crippen molar-refractivity contribution in [2.45, 2.75) is 6.61 Å². The molecule has 0 amide bonds. The summed E-state index contributed by atoms with van der Waals surface area (Å²) in [7, 11) is 1.71. The molecule has 0 spiro atoms. The molecule has 0 aromatic heterocycles. The molecule has 10 heavy (non-hydrogen) atoms. The van der Waals surface area contributed by atoms with E-state index in [2.05, 4.69) is 34.7 Å². The molecule has 0 N–H and O–H groups in total. The number of halogens is 1. The molecule has 0 saturated carbocycles. The summed E-state index contributed by atoms with van der Waals surface area (Å²) in [5.41, 5.74) is 1.26. The number of rotatable bonds is 2. The zero-order chi connectivity index (χ0) is 7.40. The highest BCUT2D eigenvalue weighted by molar-refractivity contribution is 14.1. The maximum atomic E-state index is 5.00. The van der Waals surface area contributed by atoms with E-state index < -0.39 is 0 Å². The molecule has 0 unspecified atom stereocenters. The first-order valence-electron chi connectivity index (χ1n) is 3.07. The quantitative estimate of drug-likeness (QED) is 0.730. The van der Waals surface area contributed by atoms with Crippen molar-refractivity contribution in [3.63, 3.8) is 0 Å². The molecule has 0 aliphatic rings. The highest BCUT2D eigenvalue weighted by atomic mass is 127. The first-order chi connectivity index (χ1) is 4.84. The van der Waals surface area contributed by atoms with Crippen molar-refractivity contribution in [1.82, 2.24) is 0 Å². The van der Waals surface area contributed by atoms with Gasteiger partial charge in [-0.1, -0.05) is 18.2 Å². The van der Waals surface area contributed by atoms with Crippen molar-refractivity contribution in [2.24, 2.45) is 0 Å². The fourth-order valence-corrected chi connectivity index (χ4v) is 1.31. The average molecular weight is 248 g/mol. The van der Waals surface area contributed by atoms with Crippen molar-refractivity contribution in [1.29, 1.82) is 0 Å². The summed E-state index contributed by atoms with van der Waals surface area (Å²) in [4.78, 5) is 0. The number of ether oxygens (including phenoxy) is 1. The number of hydrogen-bond acceptors (Lipinski definition) is 1. The molecule has 0 saturated heterocycles. The van der Waals surface area contributed by atoms with E-state index in [-0.39, 0.29) is 0 Å². The summed E-state index contributed by atoms with van der Waals surface area (Å²) in [6, 6.07) is 8.21. The second kappa shape index (κ2) is 3.93. The molecular formula is C8H9IO. The first-order valence-corrected chi connectivity index (χ1v) is 4.15. The van der Waals surface area contributed by atoms with Gasteiger partial charge in [-0.05, 0) is 34.2 Å². The molecule has 0 aliphatic carbocycles. The van der Waals surface area contributed by atoms with Crippen LogP contribution in [0.3, 0.4) is 0 Å². The molecule has 0 heterocycles. The minimum atomic E-state index is 0.707. The number of hydrogen-bond donors (Lipinski definition) is 0. The molecule has 0 fully saturated rings. The van der Waals surface area contributed by atoms with E-state index in [1.807, 2.05) is 12.1 Å². The van der Waals surface area contributed by atoms with Crippen LogP contribution in [0.15, 0.2) is 24.3 Å². The van der Waals surface area contributed by atoms with Crippen LogP contribution >= 0.6 is 22.6 Å². The van der Waals surface area contributed by atoms with Gasteiger partial charge in [-0.25, -0.2) is 0 Å². The van der Waals surface area contributed by atoms with Crippen molar-refractivity contribution in [2.75, 3.05) is 7.11 Å². The summed E-state index contributed by atoms with van der Waals surface area (Å²) < 4.78 is 6.27. The van der Waals surface area contributed by atoms with E-state index in [1.54, 1.807) is 7.11 Å². The maximum Gasteiger partial charge on any atom is 0.0723 e. The Morgan fingerprint density at radius 1 is 1.40 bits per heavy atom. The van der Waals surface area contributed by atoms with Crippen molar-refractivity contribution < 1.29 is 4.74 Å². The Bertz CT molecular complexity index is 210. The molecule has 0 aliphatic heterocycles. The van der Waals surface area contributed by atoms with Gasteiger partial charge in [0.2, 0.25) is 0 Å². The van der Waals surface area contributed by atoms with Gasteiger partial charge >= 0.3 is 0 Å². The Kier molecular flexibility index (Phi) is 3.15. The third-order valence-electron chi connectivity index (χ3n) is 1.26. The lowest BCUT2D eigenvalue weighted by Gasteiger charge is -2.00. The lowest BCUT2D eigenvalue weighted by atomic mass is 10.2. The van der Waals surface area contributed by atoms with Crippen LogP contribution in [0.25, 0.3) is 0 Å². The topological polar surface area (TPSA) is 9.23 Å². The summed E-state index contributed by atoms with van der Waals surface area (Å²) in [5.74, 6) is 0. The lowest BCUT2D eigenvalue weighted by molar-refractivity contribution is 0.184. The smallest absolute Gasteiger partial charge is 0.0723 e. The minimum absolute atomic E-state index is 0.707. The second-order valence-electron chi connectivity index (χ2n) is 2.02. The fourth-order valence-electron chi connectivity index (χ4n) is 0.771. The molecule has 1 aromatic carbocycles. The van der Waals surface area contributed by atoms with E-state index in [0.717, 1.165) is 0 Å². The highest BCUT2D eigenvalue weighted by Gasteiger charge is 1.94. The normalized spacial score (nSPS) is 9.80. The standard InChI is InChI=1S/C8H9IO/c1-10-6-7-4-2-3-5-8(7)9/h2-5H,6H2,1H3. The van der Waals surface area contributed by atoms with Gasteiger partial charge in [0.05, 0.1) is 6.61 Å². The second-order valence-corrected chi connectivity index (χ2v) is 3.19. The SMILES string of the molecule is COCc1ccccc1I. The predicted octanol–water partition coefficient (Wildman–Crippen LogP) is 2.44. The Hall–Kier alpha value is -0.0900. The van der Waals surface area contributed by atoms with Crippen LogP contribution in [0, 0.1) is 3.57 Å². The Morgan fingerprint density at radius 3 is 2.70 bits per heavy atom. The molecule has 0 atom stereocenters. The Labute approximate surface area is 74.5 Å². The predicted molar refractivity (Wildman–Crippen MR) is 49.9 cm³/mol.